The number of benzene rings is 2. The van der Waals surface area contributed by atoms with Gasteiger partial charge in [0.1, 0.15) is 6.61 Å². The number of hydrogen-bond acceptors (Lipinski definition) is 3. The molecule has 28 heavy (non-hydrogen) atoms. The van der Waals surface area contributed by atoms with Gasteiger partial charge in [-0.3, -0.25) is 5.32 Å². The van der Waals surface area contributed by atoms with Crippen molar-refractivity contribution in [2.24, 2.45) is 0 Å². The monoisotopic (exact) mass is 499 g/mol. The lowest BCUT2D eigenvalue weighted by Gasteiger charge is -2.27. The van der Waals surface area contributed by atoms with E-state index >= 15 is 0 Å². The van der Waals surface area contributed by atoms with Crippen LogP contribution in [0.1, 0.15) is 5.56 Å². The Balaban J connectivity index is 1.94. The quantitative estimate of drug-likeness (QED) is 0.270. The molecule has 3 N–H and O–H groups in total. The summed E-state index contributed by atoms with van der Waals surface area (Å²) in [5.41, 5.74) is 1.37. The van der Waals surface area contributed by atoms with Crippen molar-refractivity contribution in [3.05, 3.63) is 64.1 Å². The van der Waals surface area contributed by atoms with Gasteiger partial charge in [-0.25, -0.2) is 4.79 Å². The van der Waals surface area contributed by atoms with Gasteiger partial charge in [-0.15, -0.1) is 0 Å². The zero-order chi connectivity index (χ0) is 20.7. The molecular formula is C17H14Cl5N3O2S. The molecular weight excluding hydrogens is 488 g/mol. The summed E-state index contributed by atoms with van der Waals surface area (Å²) in [7, 11) is 0. The molecule has 0 saturated heterocycles. The smallest absolute Gasteiger partial charge is 0.409 e. The summed E-state index contributed by atoms with van der Waals surface area (Å²) in [5, 5.41) is 8.80. The standard InChI is InChI=1S/C17H14Cl5N3O2S/c18-12-7-6-11(8-13(12)19)23-15(28)24-14(17(20,21)22)25-16(26)27-9-10-4-2-1-3-5-10/h1-8,14H,9H2,(H,25,26)(H2,23,24,28). The number of amides is 1. The number of alkyl carbamates (subject to hydrolysis) is 1. The zero-order valence-electron chi connectivity index (χ0n) is 14.0. The average molecular weight is 502 g/mol. The minimum Gasteiger partial charge on any atom is -0.445 e. The third-order valence-electron chi connectivity index (χ3n) is 3.26. The Hall–Kier alpha value is -1.15. The number of carbonyl (C=O) groups excluding carboxylic acids is 1. The number of hydrogen-bond donors (Lipinski definition) is 3. The Morgan fingerprint density at radius 1 is 1.04 bits per heavy atom. The summed E-state index contributed by atoms with van der Waals surface area (Å²) in [5.74, 6) is 0. The van der Waals surface area contributed by atoms with E-state index in [1.54, 1.807) is 18.2 Å². The van der Waals surface area contributed by atoms with Crippen LogP contribution in [0.5, 0.6) is 0 Å². The highest BCUT2D eigenvalue weighted by atomic mass is 35.6. The number of anilines is 1. The van der Waals surface area contributed by atoms with Gasteiger partial charge in [0.15, 0.2) is 11.3 Å². The Morgan fingerprint density at radius 2 is 1.71 bits per heavy atom. The molecule has 0 aromatic heterocycles. The molecule has 1 atom stereocenters. The molecule has 0 bridgehead atoms. The van der Waals surface area contributed by atoms with Gasteiger partial charge in [0, 0.05) is 5.69 Å². The van der Waals surface area contributed by atoms with Crippen molar-refractivity contribution in [1.29, 1.82) is 0 Å². The second-order valence-electron chi connectivity index (χ2n) is 5.41. The second kappa shape index (κ2) is 10.6. The molecule has 0 saturated carbocycles. The average Bonchev–Trinajstić information content (AvgIpc) is 2.62. The van der Waals surface area contributed by atoms with Crippen molar-refractivity contribution in [2.45, 2.75) is 16.6 Å². The minimum absolute atomic E-state index is 0.0607. The highest BCUT2D eigenvalue weighted by molar-refractivity contribution is 7.80. The molecule has 0 aliphatic rings. The summed E-state index contributed by atoms with van der Waals surface area (Å²) < 4.78 is 3.21. The summed E-state index contributed by atoms with van der Waals surface area (Å²) in [4.78, 5) is 12.1. The van der Waals surface area contributed by atoms with Crippen molar-refractivity contribution in [3.63, 3.8) is 0 Å². The SMILES string of the molecule is O=C(NC(NC(=S)Nc1ccc(Cl)c(Cl)c1)C(Cl)(Cl)Cl)OCc1ccccc1. The Morgan fingerprint density at radius 3 is 2.32 bits per heavy atom. The largest absolute Gasteiger partial charge is 0.445 e. The fourth-order valence-corrected chi connectivity index (χ4v) is 2.82. The Bertz CT molecular complexity index is 833. The van der Waals surface area contributed by atoms with Crippen LogP contribution >= 0.6 is 70.2 Å². The van der Waals surface area contributed by atoms with Crippen LogP contribution in [0.25, 0.3) is 0 Å². The van der Waals surface area contributed by atoms with Gasteiger partial charge in [0.05, 0.1) is 10.0 Å². The number of ether oxygens (including phenoxy) is 1. The second-order valence-corrected chi connectivity index (χ2v) is 9.00. The predicted molar refractivity (Wildman–Crippen MR) is 120 cm³/mol. The van der Waals surface area contributed by atoms with Crippen LogP contribution in [0.15, 0.2) is 48.5 Å². The summed E-state index contributed by atoms with van der Waals surface area (Å²) in [6.45, 7) is 0.0607. The maximum atomic E-state index is 12.1. The first-order chi connectivity index (χ1) is 13.1. The van der Waals surface area contributed by atoms with Gasteiger partial charge in [0.25, 0.3) is 0 Å². The van der Waals surface area contributed by atoms with Crippen LogP contribution in [0.3, 0.4) is 0 Å². The molecule has 1 amide bonds. The summed E-state index contributed by atoms with van der Waals surface area (Å²) in [6.07, 6.45) is -1.95. The topological polar surface area (TPSA) is 62.4 Å². The van der Waals surface area contributed by atoms with Gasteiger partial charge in [-0.1, -0.05) is 88.3 Å². The van der Waals surface area contributed by atoms with Gasteiger partial charge in [-0.2, -0.15) is 0 Å². The third-order valence-corrected chi connectivity index (χ3v) is 4.87. The highest BCUT2D eigenvalue weighted by Gasteiger charge is 2.35. The van der Waals surface area contributed by atoms with Crippen LogP contribution in [-0.2, 0) is 11.3 Å². The van der Waals surface area contributed by atoms with Crippen LogP contribution in [0.4, 0.5) is 10.5 Å². The van der Waals surface area contributed by atoms with Gasteiger partial charge in [0.2, 0.25) is 3.79 Å². The van der Waals surface area contributed by atoms with Crippen molar-refractivity contribution >= 4 is 87.1 Å². The minimum atomic E-state index is -1.91. The maximum absolute atomic E-state index is 12.1. The van der Waals surface area contributed by atoms with E-state index in [1.807, 2.05) is 30.3 Å². The number of thiocarbonyl (C=S) groups is 1. The molecule has 5 nitrogen and oxygen atoms in total. The van der Waals surface area contributed by atoms with E-state index in [4.69, 9.17) is 75.0 Å². The van der Waals surface area contributed by atoms with Crippen LogP contribution in [0, 0.1) is 0 Å². The van der Waals surface area contributed by atoms with Crippen LogP contribution in [0.2, 0.25) is 10.0 Å². The molecule has 2 rings (SSSR count). The molecule has 0 heterocycles. The normalized spacial score (nSPS) is 12.0. The highest BCUT2D eigenvalue weighted by Crippen LogP contribution is 2.29. The number of alkyl halides is 3. The first kappa shape index (κ1) is 23.1. The molecule has 1 unspecified atom stereocenters. The molecule has 0 spiro atoms. The van der Waals surface area contributed by atoms with Gasteiger partial charge >= 0.3 is 6.09 Å². The molecule has 0 aliphatic heterocycles. The van der Waals surface area contributed by atoms with E-state index in [2.05, 4.69) is 16.0 Å². The van der Waals surface area contributed by atoms with Crippen molar-refractivity contribution < 1.29 is 9.53 Å². The zero-order valence-corrected chi connectivity index (χ0v) is 18.6. The van der Waals surface area contributed by atoms with E-state index in [1.165, 1.54) is 0 Å². The van der Waals surface area contributed by atoms with Crippen LogP contribution in [-0.4, -0.2) is 21.2 Å². The van der Waals surface area contributed by atoms with E-state index in [0.717, 1.165) is 5.56 Å². The molecule has 11 heteroatoms. The van der Waals surface area contributed by atoms with E-state index < -0.39 is 16.1 Å². The number of rotatable bonds is 5. The Kier molecular flexibility index (Phi) is 8.74. The van der Waals surface area contributed by atoms with Gasteiger partial charge < -0.3 is 15.4 Å². The molecule has 2 aromatic rings. The first-order valence-corrected chi connectivity index (χ1v) is 10.0. The van der Waals surface area contributed by atoms with E-state index in [9.17, 15) is 4.79 Å². The first-order valence-electron chi connectivity index (χ1n) is 7.71. The lowest BCUT2D eigenvalue weighted by atomic mass is 10.2. The summed E-state index contributed by atoms with van der Waals surface area (Å²) in [6, 6.07) is 14.0. The molecule has 0 aliphatic carbocycles. The van der Waals surface area contributed by atoms with Gasteiger partial charge in [-0.05, 0) is 36.0 Å². The molecule has 0 radical (unpaired) electrons. The number of nitrogens with one attached hydrogen (secondary N) is 3. The van der Waals surface area contributed by atoms with Crippen molar-refractivity contribution in [2.75, 3.05) is 5.32 Å². The number of carbonyl (C=O) groups is 1. The molecule has 2 aromatic carbocycles. The fourth-order valence-electron chi connectivity index (χ4n) is 1.95. The maximum Gasteiger partial charge on any atom is 0.409 e. The van der Waals surface area contributed by atoms with E-state index in [-0.39, 0.29) is 11.7 Å². The molecule has 0 fully saturated rings. The van der Waals surface area contributed by atoms with Crippen molar-refractivity contribution in [1.82, 2.24) is 10.6 Å². The third kappa shape index (κ3) is 7.70. The lowest BCUT2D eigenvalue weighted by Crippen LogP contribution is -2.56. The van der Waals surface area contributed by atoms with E-state index in [0.29, 0.717) is 15.7 Å². The number of halogens is 5. The van der Waals surface area contributed by atoms with Crippen LogP contribution < -0.4 is 16.0 Å². The molecule has 150 valence electrons. The van der Waals surface area contributed by atoms with Crippen molar-refractivity contribution in [3.8, 4) is 0 Å². The fraction of sp³-hybridized carbons (Fsp3) is 0.176. The Labute approximate surface area is 192 Å². The summed E-state index contributed by atoms with van der Waals surface area (Å²) >= 11 is 34.8. The predicted octanol–water partition coefficient (Wildman–Crippen LogP) is 5.90. The lowest BCUT2D eigenvalue weighted by molar-refractivity contribution is 0.135.